The van der Waals surface area contributed by atoms with Gasteiger partial charge in [-0.1, -0.05) is 27.7 Å². The number of nitrogens with zero attached hydrogens (tertiary/aromatic N) is 1. The molecule has 1 fully saturated rings. The van der Waals surface area contributed by atoms with Crippen molar-refractivity contribution >= 4 is 11.8 Å². The molecule has 0 radical (unpaired) electrons. The van der Waals surface area contributed by atoms with E-state index in [2.05, 4.69) is 12.2 Å². The number of carbonyl (C=O) groups is 2. The number of piperidine rings is 1. The first-order chi connectivity index (χ1) is 9.25. The van der Waals surface area contributed by atoms with Gasteiger partial charge >= 0.3 is 0 Å². The maximum Gasteiger partial charge on any atom is 0.225 e. The van der Waals surface area contributed by atoms with Crippen LogP contribution in [0.15, 0.2) is 0 Å². The van der Waals surface area contributed by atoms with Crippen molar-refractivity contribution < 1.29 is 9.59 Å². The molecule has 20 heavy (non-hydrogen) atoms. The Labute approximate surface area is 122 Å². The van der Waals surface area contributed by atoms with Gasteiger partial charge in [-0.3, -0.25) is 9.59 Å². The van der Waals surface area contributed by atoms with E-state index in [0.717, 1.165) is 19.4 Å². The minimum Gasteiger partial charge on any atom is -0.355 e. The monoisotopic (exact) mass is 283 g/mol. The molecule has 2 unspecified atom stereocenters. The number of rotatable bonds is 4. The van der Waals surface area contributed by atoms with Crippen LogP contribution in [0.1, 0.15) is 47.0 Å². The Morgan fingerprint density at radius 3 is 2.55 bits per heavy atom. The lowest BCUT2D eigenvalue weighted by Gasteiger charge is -2.38. The minimum atomic E-state index is -0.413. The summed E-state index contributed by atoms with van der Waals surface area (Å²) in [6, 6.07) is 0.157. The van der Waals surface area contributed by atoms with Gasteiger partial charge in [0, 0.05) is 37.5 Å². The highest BCUT2D eigenvalue weighted by Crippen LogP contribution is 2.22. The molecule has 116 valence electrons. The fourth-order valence-electron chi connectivity index (χ4n) is 2.50. The first kappa shape index (κ1) is 17.0. The number of nitrogens with two attached hydrogens (primary N) is 1. The van der Waals surface area contributed by atoms with Gasteiger partial charge in [0.25, 0.3) is 0 Å². The largest absolute Gasteiger partial charge is 0.355 e. The molecule has 0 aromatic carbocycles. The van der Waals surface area contributed by atoms with Crippen molar-refractivity contribution in [2.75, 3.05) is 19.6 Å². The van der Waals surface area contributed by atoms with Crippen LogP contribution in [-0.4, -0.2) is 42.4 Å². The number of likely N-dealkylation sites (tertiary alicyclic amines) is 1. The standard InChI is InChI=1S/C15H29N3O2/c1-11-6-8-18(12(9-11)10-16)13(19)5-7-17-14(20)15(2,3)4/h11-12H,5-10,16H2,1-4H3,(H,17,20). The average Bonchev–Trinajstić information content (AvgIpc) is 2.36. The van der Waals surface area contributed by atoms with Crippen LogP contribution in [0.3, 0.4) is 0 Å². The second kappa shape index (κ2) is 7.07. The summed E-state index contributed by atoms with van der Waals surface area (Å²) in [4.78, 5) is 25.8. The third-order valence-corrected chi connectivity index (χ3v) is 3.88. The highest BCUT2D eigenvalue weighted by molar-refractivity contribution is 5.82. The molecule has 1 saturated heterocycles. The van der Waals surface area contributed by atoms with Crippen molar-refractivity contribution in [3.63, 3.8) is 0 Å². The summed E-state index contributed by atoms with van der Waals surface area (Å²) >= 11 is 0. The molecule has 3 N–H and O–H groups in total. The van der Waals surface area contributed by atoms with Crippen molar-refractivity contribution in [2.24, 2.45) is 17.1 Å². The molecule has 0 spiro atoms. The number of carbonyl (C=O) groups excluding carboxylic acids is 2. The van der Waals surface area contributed by atoms with E-state index in [4.69, 9.17) is 5.73 Å². The van der Waals surface area contributed by atoms with E-state index >= 15 is 0 Å². The maximum absolute atomic E-state index is 12.2. The Morgan fingerprint density at radius 2 is 2.00 bits per heavy atom. The van der Waals surface area contributed by atoms with E-state index in [9.17, 15) is 9.59 Å². The number of nitrogens with one attached hydrogen (secondary N) is 1. The van der Waals surface area contributed by atoms with Crippen molar-refractivity contribution in [2.45, 2.75) is 53.0 Å². The van der Waals surface area contributed by atoms with Gasteiger partial charge in [-0.05, 0) is 18.8 Å². The summed E-state index contributed by atoms with van der Waals surface area (Å²) in [6.45, 7) is 9.49. The topological polar surface area (TPSA) is 75.4 Å². The zero-order valence-electron chi connectivity index (χ0n) is 13.2. The predicted octanol–water partition coefficient (Wildman–Crippen LogP) is 1.12. The van der Waals surface area contributed by atoms with Crippen LogP contribution in [0.25, 0.3) is 0 Å². The van der Waals surface area contributed by atoms with E-state index in [1.807, 2.05) is 25.7 Å². The van der Waals surface area contributed by atoms with Crippen LogP contribution in [0.5, 0.6) is 0 Å². The molecule has 1 heterocycles. The predicted molar refractivity (Wildman–Crippen MR) is 80.0 cm³/mol. The average molecular weight is 283 g/mol. The van der Waals surface area contributed by atoms with Gasteiger partial charge in [-0.2, -0.15) is 0 Å². The Morgan fingerprint density at radius 1 is 1.35 bits per heavy atom. The molecular weight excluding hydrogens is 254 g/mol. The quantitative estimate of drug-likeness (QED) is 0.812. The minimum absolute atomic E-state index is 0.0204. The molecule has 1 aliphatic rings. The van der Waals surface area contributed by atoms with Crippen molar-refractivity contribution in [1.29, 1.82) is 0 Å². The Balaban J connectivity index is 2.40. The van der Waals surface area contributed by atoms with Crippen LogP contribution in [0.2, 0.25) is 0 Å². The van der Waals surface area contributed by atoms with E-state index in [0.29, 0.717) is 25.4 Å². The summed E-state index contributed by atoms with van der Waals surface area (Å²) in [5.74, 6) is 0.711. The molecule has 2 amide bonds. The highest BCUT2D eigenvalue weighted by atomic mass is 16.2. The Hall–Kier alpha value is -1.10. The molecule has 1 aliphatic heterocycles. The van der Waals surface area contributed by atoms with Crippen LogP contribution in [-0.2, 0) is 9.59 Å². The van der Waals surface area contributed by atoms with Gasteiger partial charge in [0.15, 0.2) is 0 Å². The summed E-state index contributed by atoms with van der Waals surface area (Å²) in [6.07, 6.45) is 2.37. The van der Waals surface area contributed by atoms with Crippen molar-refractivity contribution in [3.05, 3.63) is 0 Å². The van der Waals surface area contributed by atoms with Crippen LogP contribution in [0.4, 0.5) is 0 Å². The molecule has 1 rings (SSSR count). The van der Waals surface area contributed by atoms with E-state index in [-0.39, 0.29) is 17.9 Å². The second-order valence-electron chi connectivity index (χ2n) is 6.86. The van der Waals surface area contributed by atoms with Gasteiger partial charge in [-0.25, -0.2) is 0 Å². The van der Waals surface area contributed by atoms with Gasteiger partial charge in [0.2, 0.25) is 11.8 Å². The molecule has 0 aromatic rings. The van der Waals surface area contributed by atoms with E-state index in [1.165, 1.54) is 0 Å². The van der Waals surface area contributed by atoms with Crippen molar-refractivity contribution in [1.82, 2.24) is 10.2 Å². The zero-order valence-corrected chi connectivity index (χ0v) is 13.2. The lowest BCUT2D eigenvalue weighted by molar-refractivity contribution is -0.135. The van der Waals surface area contributed by atoms with Gasteiger partial charge in [0.05, 0.1) is 0 Å². The van der Waals surface area contributed by atoms with Crippen LogP contribution in [0, 0.1) is 11.3 Å². The second-order valence-corrected chi connectivity index (χ2v) is 6.86. The fraction of sp³-hybridized carbons (Fsp3) is 0.867. The summed E-state index contributed by atoms with van der Waals surface area (Å²) in [5.41, 5.74) is 5.35. The Kier molecular flexibility index (Phi) is 5.99. The smallest absolute Gasteiger partial charge is 0.225 e. The van der Waals surface area contributed by atoms with E-state index < -0.39 is 5.41 Å². The summed E-state index contributed by atoms with van der Waals surface area (Å²) in [5, 5.41) is 2.82. The Bertz CT molecular complexity index is 350. The lowest BCUT2D eigenvalue weighted by atomic mass is 9.92. The molecule has 0 aromatic heterocycles. The zero-order chi connectivity index (χ0) is 15.3. The van der Waals surface area contributed by atoms with E-state index in [1.54, 1.807) is 0 Å². The number of hydrogen-bond donors (Lipinski definition) is 2. The first-order valence-electron chi connectivity index (χ1n) is 7.53. The summed E-state index contributed by atoms with van der Waals surface area (Å²) in [7, 11) is 0. The number of amides is 2. The third kappa shape index (κ3) is 4.78. The molecule has 0 bridgehead atoms. The molecular formula is C15H29N3O2. The molecule has 0 saturated carbocycles. The summed E-state index contributed by atoms with van der Waals surface area (Å²) < 4.78 is 0. The fourth-order valence-corrected chi connectivity index (χ4v) is 2.50. The van der Waals surface area contributed by atoms with Gasteiger partial charge in [-0.15, -0.1) is 0 Å². The molecule has 2 atom stereocenters. The maximum atomic E-state index is 12.2. The van der Waals surface area contributed by atoms with Crippen LogP contribution >= 0.6 is 0 Å². The molecule has 5 nitrogen and oxygen atoms in total. The SMILES string of the molecule is CC1CCN(C(=O)CCNC(=O)C(C)(C)C)C(CN)C1. The number of hydrogen-bond acceptors (Lipinski definition) is 3. The van der Waals surface area contributed by atoms with Crippen LogP contribution < -0.4 is 11.1 Å². The first-order valence-corrected chi connectivity index (χ1v) is 7.53. The highest BCUT2D eigenvalue weighted by Gasteiger charge is 2.28. The van der Waals surface area contributed by atoms with Gasteiger partial charge in [0.1, 0.15) is 0 Å². The molecule has 5 heteroatoms. The third-order valence-electron chi connectivity index (χ3n) is 3.88. The normalized spacial score (nSPS) is 23.6. The van der Waals surface area contributed by atoms with Gasteiger partial charge < -0.3 is 16.0 Å². The molecule has 0 aliphatic carbocycles. The lowest BCUT2D eigenvalue weighted by Crippen LogP contribution is -2.50. The van der Waals surface area contributed by atoms with Crippen molar-refractivity contribution in [3.8, 4) is 0 Å².